The van der Waals surface area contributed by atoms with Crippen LogP contribution in [0.25, 0.3) is 0 Å². The molecule has 0 aliphatic rings. The Bertz CT molecular complexity index is 743. The van der Waals surface area contributed by atoms with E-state index in [1.165, 1.54) is 6.20 Å². The van der Waals surface area contributed by atoms with Gasteiger partial charge in [-0.05, 0) is 30.7 Å². The molecule has 0 N–H and O–H groups in total. The first kappa shape index (κ1) is 15.3. The molecule has 8 heteroatoms. The summed E-state index contributed by atoms with van der Waals surface area (Å²) in [5.41, 5.74) is 0.948. The van der Waals surface area contributed by atoms with Gasteiger partial charge in [-0.3, -0.25) is 0 Å². The summed E-state index contributed by atoms with van der Waals surface area (Å²) < 4.78 is 30.4. The highest BCUT2D eigenvalue weighted by Gasteiger charge is 2.16. The van der Waals surface area contributed by atoms with Crippen LogP contribution in [0, 0.1) is 6.92 Å². The summed E-state index contributed by atoms with van der Waals surface area (Å²) in [6, 6.07) is 5.58. The van der Waals surface area contributed by atoms with Crippen LogP contribution in [0.15, 0.2) is 33.9 Å². The molecule has 0 amide bonds. The summed E-state index contributed by atoms with van der Waals surface area (Å²) in [6.07, 6.45) is 1.42. The molecule has 0 unspecified atom stereocenters. The van der Waals surface area contributed by atoms with Crippen LogP contribution >= 0.6 is 26.6 Å². The van der Waals surface area contributed by atoms with Gasteiger partial charge >= 0.3 is 0 Å². The lowest BCUT2D eigenvalue weighted by atomic mass is 10.2. The van der Waals surface area contributed by atoms with Crippen LogP contribution in [0.1, 0.15) is 11.4 Å². The lowest BCUT2D eigenvalue weighted by molar-refractivity contribution is 0.414. The van der Waals surface area contributed by atoms with E-state index in [0.29, 0.717) is 12.4 Å². The third-order valence-corrected chi connectivity index (χ3v) is 4.74. The summed E-state index contributed by atoms with van der Waals surface area (Å²) >= 11 is 3.45. The minimum atomic E-state index is -3.82. The highest BCUT2D eigenvalue weighted by molar-refractivity contribution is 9.10. The second kappa shape index (κ2) is 5.75. The van der Waals surface area contributed by atoms with Gasteiger partial charge in [0, 0.05) is 21.4 Å². The van der Waals surface area contributed by atoms with Crippen molar-refractivity contribution in [2.75, 3.05) is 7.11 Å². The fourth-order valence-electron chi connectivity index (χ4n) is 1.74. The van der Waals surface area contributed by atoms with Gasteiger partial charge in [-0.2, -0.15) is 0 Å². The molecule has 1 aromatic heterocycles. The van der Waals surface area contributed by atoms with Crippen LogP contribution in [0.2, 0.25) is 0 Å². The molecule has 0 atom stereocenters. The fraction of sp³-hybridized carbons (Fsp3) is 0.250. The van der Waals surface area contributed by atoms with Crippen LogP contribution in [0.3, 0.4) is 0 Å². The predicted molar refractivity (Wildman–Crippen MR) is 79.8 cm³/mol. The SMILES string of the molecule is COc1ccc(Br)c(Cn2cc(S(=O)(=O)Cl)nc2C)c1. The largest absolute Gasteiger partial charge is 0.497 e. The summed E-state index contributed by atoms with van der Waals surface area (Å²) in [5.74, 6) is 1.30. The molecule has 1 aromatic carbocycles. The Morgan fingerprint density at radius 2 is 2.15 bits per heavy atom. The zero-order valence-electron chi connectivity index (χ0n) is 10.8. The monoisotopic (exact) mass is 378 g/mol. The topological polar surface area (TPSA) is 61.2 Å². The van der Waals surface area contributed by atoms with E-state index in [1.54, 1.807) is 18.6 Å². The number of nitrogens with zero attached hydrogens (tertiary/aromatic N) is 2. The average Bonchev–Trinajstić information content (AvgIpc) is 2.74. The lowest BCUT2D eigenvalue weighted by Crippen LogP contribution is -2.02. The zero-order valence-corrected chi connectivity index (χ0v) is 14.0. The van der Waals surface area contributed by atoms with E-state index in [-0.39, 0.29) is 5.03 Å². The van der Waals surface area contributed by atoms with Crippen LogP contribution < -0.4 is 4.74 Å². The van der Waals surface area contributed by atoms with Crippen molar-refractivity contribution in [3.05, 3.63) is 40.3 Å². The number of methoxy groups -OCH3 is 1. The van der Waals surface area contributed by atoms with Crippen molar-refractivity contribution in [3.8, 4) is 5.75 Å². The van der Waals surface area contributed by atoms with E-state index in [0.717, 1.165) is 15.8 Å². The molecule has 108 valence electrons. The second-order valence-corrected chi connectivity index (χ2v) is 7.52. The summed E-state index contributed by atoms with van der Waals surface area (Å²) in [7, 11) is 3.07. The standard InChI is InChI=1S/C12H12BrClN2O3S/c1-8-15-12(20(14,17)18)7-16(8)6-9-5-10(19-2)3-4-11(9)13/h3-5,7H,6H2,1-2H3. The number of benzene rings is 1. The first-order valence-corrected chi connectivity index (χ1v) is 8.72. The number of aryl methyl sites for hydroxylation is 1. The van der Waals surface area contributed by atoms with Crippen LogP contribution in [0.5, 0.6) is 5.75 Å². The van der Waals surface area contributed by atoms with Gasteiger partial charge < -0.3 is 9.30 Å². The Kier molecular flexibility index (Phi) is 4.41. The molecule has 0 spiro atoms. The number of ether oxygens (including phenoxy) is 1. The number of rotatable bonds is 4. The maximum absolute atomic E-state index is 11.3. The normalized spacial score (nSPS) is 11.6. The quantitative estimate of drug-likeness (QED) is 0.766. The molecular weight excluding hydrogens is 368 g/mol. The molecule has 2 rings (SSSR count). The Hall–Kier alpha value is -1.05. The molecule has 0 saturated carbocycles. The minimum absolute atomic E-state index is 0.143. The van der Waals surface area contributed by atoms with Gasteiger partial charge in [0.25, 0.3) is 9.05 Å². The minimum Gasteiger partial charge on any atom is -0.497 e. The smallest absolute Gasteiger partial charge is 0.280 e. The molecule has 1 heterocycles. The third kappa shape index (κ3) is 3.34. The zero-order chi connectivity index (χ0) is 14.9. The molecule has 0 aliphatic carbocycles. The van der Waals surface area contributed by atoms with Gasteiger partial charge in [-0.15, -0.1) is 0 Å². The molecule has 0 fully saturated rings. The Morgan fingerprint density at radius 3 is 2.70 bits per heavy atom. The van der Waals surface area contributed by atoms with Crippen molar-refractivity contribution >= 4 is 35.7 Å². The molecule has 5 nitrogen and oxygen atoms in total. The van der Waals surface area contributed by atoms with E-state index in [4.69, 9.17) is 15.4 Å². The molecule has 0 radical (unpaired) electrons. The molecule has 0 bridgehead atoms. The number of halogens is 2. The first-order chi connectivity index (χ1) is 9.31. The second-order valence-electron chi connectivity index (χ2n) is 4.15. The molecule has 20 heavy (non-hydrogen) atoms. The molecule has 2 aromatic rings. The van der Waals surface area contributed by atoms with Gasteiger partial charge in [-0.1, -0.05) is 15.9 Å². The van der Waals surface area contributed by atoms with Gasteiger partial charge in [0.15, 0.2) is 5.03 Å². The van der Waals surface area contributed by atoms with E-state index in [1.807, 2.05) is 18.2 Å². The van der Waals surface area contributed by atoms with E-state index < -0.39 is 9.05 Å². The predicted octanol–water partition coefficient (Wildman–Crippen LogP) is 2.94. The fourth-order valence-corrected chi connectivity index (χ4v) is 2.83. The Balaban J connectivity index is 2.38. The van der Waals surface area contributed by atoms with E-state index in [9.17, 15) is 8.42 Å². The maximum atomic E-state index is 11.3. The van der Waals surface area contributed by atoms with Gasteiger partial charge in [-0.25, -0.2) is 13.4 Å². The van der Waals surface area contributed by atoms with Crippen molar-refractivity contribution in [1.82, 2.24) is 9.55 Å². The number of aromatic nitrogens is 2. The van der Waals surface area contributed by atoms with Crippen LogP contribution in [-0.2, 0) is 15.6 Å². The lowest BCUT2D eigenvalue weighted by Gasteiger charge is -2.09. The third-order valence-electron chi connectivity index (χ3n) is 2.80. The molecular formula is C12H12BrClN2O3S. The van der Waals surface area contributed by atoms with Crippen LogP contribution in [0.4, 0.5) is 0 Å². The van der Waals surface area contributed by atoms with Crippen molar-refractivity contribution < 1.29 is 13.2 Å². The highest BCUT2D eigenvalue weighted by atomic mass is 79.9. The van der Waals surface area contributed by atoms with E-state index in [2.05, 4.69) is 20.9 Å². The number of imidazole rings is 1. The molecule has 0 saturated heterocycles. The maximum Gasteiger partial charge on any atom is 0.280 e. The average molecular weight is 380 g/mol. The van der Waals surface area contributed by atoms with Crippen molar-refractivity contribution in [2.24, 2.45) is 0 Å². The van der Waals surface area contributed by atoms with Gasteiger partial charge in [0.1, 0.15) is 11.6 Å². The summed E-state index contributed by atoms with van der Waals surface area (Å²) in [5, 5.41) is -0.143. The number of hydrogen-bond acceptors (Lipinski definition) is 4. The van der Waals surface area contributed by atoms with Crippen LogP contribution in [-0.4, -0.2) is 25.1 Å². The van der Waals surface area contributed by atoms with Crippen molar-refractivity contribution in [1.29, 1.82) is 0 Å². The van der Waals surface area contributed by atoms with Gasteiger partial charge in [0.05, 0.1) is 13.7 Å². The Morgan fingerprint density at radius 1 is 1.45 bits per heavy atom. The molecule has 0 aliphatic heterocycles. The highest BCUT2D eigenvalue weighted by Crippen LogP contribution is 2.24. The summed E-state index contributed by atoms with van der Waals surface area (Å²) in [4.78, 5) is 3.95. The number of hydrogen-bond donors (Lipinski definition) is 0. The van der Waals surface area contributed by atoms with Gasteiger partial charge in [0.2, 0.25) is 0 Å². The van der Waals surface area contributed by atoms with E-state index >= 15 is 0 Å². The first-order valence-electron chi connectivity index (χ1n) is 5.62. The van der Waals surface area contributed by atoms with Crippen molar-refractivity contribution in [3.63, 3.8) is 0 Å². The van der Waals surface area contributed by atoms with Crippen molar-refractivity contribution in [2.45, 2.75) is 18.5 Å². The summed E-state index contributed by atoms with van der Waals surface area (Å²) in [6.45, 7) is 2.18. The Labute approximate surface area is 130 Å².